The molecule has 1 aromatic carbocycles. The second kappa shape index (κ2) is 6.79. The number of amides is 1. The van der Waals surface area contributed by atoms with Crippen LogP contribution in [0.1, 0.15) is 65.5 Å². The monoisotopic (exact) mass is 384 g/mol. The summed E-state index contributed by atoms with van der Waals surface area (Å²) in [6, 6.07) is 7.95. The number of likely N-dealkylation sites (tertiary alicyclic amines) is 1. The highest BCUT2D eigenvalue weighted by molar-refractivity contribution is 6.62. The van der Waals surface area contributed by atoms with E-state index < -0.39 is 23.9 Å². The lowest BCUT2D eigenvalue weighted by atomic mass is 9.75. The Morgan fingerprint density at radius 1 is 1.18 bits per heavy atom. The van der Waals surface area contributed by atoms with Crippen molar-refractivity contribution >= 4 is 18.7 Å². The van der Waals surface area contributed by atoms with E-state index in [2.05, 4.69) is 6.07 Å². The molecule has 0 saturated carbocycles. The van der Waals surface area contributed by atoms with Gasteiger partial charge in [-0.15, -0.1) is 0 Å². The number of benzene rings is 1. The van der Waals surface area contributed by atoms with Gasteiger partial charge in [-0.3, -0.25) is 0 Å². The van der Waals surface area contributed by atoms with Gasteiger partial charge in [0.05, 0.1) is 22.8 Å². The van der Waals surface area contributed by atoms with Crippen LogP contribution in [-0.4, -0.2) is 48.0 Å². The number of rotatable bonds is 2. The van der Waals surface area contributed by atoms with Gasteiger partial charge < -0.3 is 18.9 Å². The predicted octanol–water partition coefficient (Wildman–Crippen LogP) is 3.19. The van der Waals surface area contributed by atoms with E-state index >= 15 is 0 Å². The van der Waals surface area contributed by atoms with E-state index in [9.17, 15) is 10.1 Å². The van der Waals surface area contributed by atoms with Crippen molar-refractivity contribution < 1.29 is 18.8 Å². The predicted molar refractivity (Wildman–Crippen MR) is 107 cm³/mol. The number of nitriles is 1. The first-order valence-corrected chi connectivity index (χ1v) is 9.70. The van der Waals surface area contributed by atoms with Crippen molar-refractivity contribution in [1.82, 2.24) is 4.90 Å². The summed E-state index contributed by atoms with van der Waals surface area (Å²) in [5, 5.41) is 9.46. The van der Waals surface area contributed by atoms with E-state index in [-0.39, 0.29) is 12.0 Å². The first-order valence-electron chi connectivity index (χ1n) is 9.70. The van der Waals surface area contributed by atoms with Gasteiger partial charge in [0.15, 0.2) is 0 Å². The molecule has 0 spiro atoms. The van der Waals surface area contributed by atoms with E-state index in [4.69, 9.17) is 14.0 Å². The molecule has 1 amide bonds. The molecule has 0 N–H and O–H groups in total. The minimum atomic E-state index is -0.515. The van der Waals surface area contributed by atoms with Gasteiger partial charge in [-0.25, -0.2) is 4.79 Å². The van der Waals surface area contributed by atoms with E-state index in [0.717, 1.165) is 11.0 Å². The van der Waals surface area contributed by atoms with Crippen LogP contribution in [0.15, 0.2) is 18.2 Å². The minimum absolute atomic E-state index is 0.169. The maximum atomic E-state index is 12.2. The van der Waals surface area contributed by atoms with Crippen LogP contribution >= 0.6 is 0 Å². The van der Waals surface area contributed by atoms with Crippen LogP contribution in [0.2, 0.25) is 0 Å². The summed E-state index contributed by atoms with van der Waals surface area (Å²) >= 11 is 0. The quantitative estimate of drug-likeness (QED) is 0.733. The molecule has 0 unspecified atom stereocenters. The second-order valence-corrected chi connectivity index (χ2v) is 9.67. The number of carbonyl (C=O) groups is 1. The van der Waals surface area contributed by atoms with Crippen molar-refractivity contribution in [3.63, 3.8) is 0 Å². The maximum Gasteiger partial charge on any atom is 0.494 e. The zero-order chi connectivity index (χ0) is 20.9. The zero-order valence-corrected chi connectivity index (χ0v) is 17.8. The Balaban J connectivity index is 1.75. The molecule has 2 fully saturated rings. The standard InChI is InChI=1S/C21H29BN2O4/c1-19(2,3)26-18(25)24-12-16(13-24)15-8-14(11-23)9-17(10-15)22-27-20(4,5)21(6,7)28-22/h8-10,16H,12-13H2,1-7H3. The van der Waals surface area contributed by atoms with E-state index in [0.29, 0.717) is 18.7 Å². The Bertz CT molecular complexity index is 801. The highest BCUT2D eigenvalue weighted by Gasteiger charge is 2.52. The Kier molecular flexibility index (Phi) is 5.02. The van der Waals surface area contributed by atoms with Crippen LogP contribution in [0, 0.1) is 11.3 Å². The molecule has 3 rings (SSSR count). The van der Waals surface area contributed by atoms with Crippen molar-refractivity contribution in [3.05, 3.63) is 29.3 Å². The number of hydrogen-bond acceptors (Lipinski definition) is 5. The number of hydrogen-bond donors (Lipinski definition) is 0. The molecule has 0 bridgehead atoms. The molecule has 0 atom stereocenters. The van der Waals surface area contributed by atoms with Gasteiger partial charge in [0, 0.05) is 19.0 Å². The van der Waals surface area contributed by atoms with Gasteiger partial charge in [-0.05, 0) is 71.6 Å². The van der Waals surface area contributed by atoms with Crippen molar-refractivity contribution in [2.45, 2.75) is 71.2 Å². The van der Waals surface area contributed by atoms with Crippen LogP contribution in [0.3, 0.4) is 0 Å². The second-order valence-electron chi connectivity index (χ2n) is 9.67. The highest BCUT2D eigenvalue weighted by Crippen LogP contribution is 2.37. The Morgan fingerprint density at radius 3 is 2.25 bits per heavy atom. The van der Waals surface area contributed by atoms with Gasteiger partial charge in [-0.1, -0.05) is 6.07 Å². The molecule has 28 heavy (non-hydrogen) atoms. The van der Waals surface area contributed by atoms with Crippen LogP contribution < -0.4 is 5.46 Å². The van der Waals surface area contributed by atoms with Crippen LogP contribution in [0.5, 0.6) is 0 Å². The summed E-state index contributed by atoms with van der Waals surface area (Å²) in [5.41, 5.74) is 1.03. The molecule has 2 aliphatic heterocycles. The van der Waals surface area contributed by atoms with E-state index in [1.165, 1.54) is 0 Å². The number of carbonyl (C=O) groups excluding carboxylic acids is 1. The number of ether oxygens (including phenoxy) is 1. The summed E-state index contributed by atoms with van der Waals surface area (Å²) in [6.45, 7) is 14.7. The average Bonchev–Trinajstić information content (AvgIpc) is 2.72. The van der Waals surface area contributed by atoms with Gasteiger partial charge in [-0.2, -0.15) is 5.26 Å². The lowest BCUT2D eigenvalue weighted by molar-refractivity contribution is 0.00578. The van der Waals surface area contributed by atoms with Gasteiger partial charge in [0.25, 0.3) is 0 Å². The summed E-state index contributed by atoms with van der Waals surface area (Å²) in [7, 11) is -0.515. The van der Waals surface area contributed by atoms with Crippen molar-refractivity contribution in [2.75, 3.05) is 13.1 Å². The normalized spacial score (nSPS) is 21.2. The fourth-order valence-electron chi connectivity index (χ4n) is 3.26. The van der Waals surface area contributed by atoms with Crippen molar-refractivity contribution in [3.8, 4) is 6.07 Å². The zero-order valence-electron chi connectivity index (χ0n) is 17.8. The molecule has 2 saturated heterocycles. The molecule has 2 heterocycles. The highest BCUT2D eigenvalue weighted by atomic mass is 16.7. The van der Waals surface area contributed by atoms with Gasteiger partial charge in [0.2, 0.25) is 0 Å². The third-order valence-corrected chi connectivity index (χ3v) is 5.64. The minimum Gasteiger partial charge on any atom is -0.444 e. The fourth-order valence-corrected chi connectivity index (χ4v) is 3.26. The molecule has 0 radical (unpaired) electrons. The molecular weight excluding hydrogens is 355 g/mol. The largest absolute Gasteiger partial charge is 0.494 e. The molecular formula is C21H29BN2O4. The van der Waals surface area contributed by atoms with Gasteiger partial charge in [0.1, 0.15) is 5.60 Å². The molecule has 0 aliphatic carbocycles. The smallest absolute Gasteiger partial charge is 0.444 e. The van der Waals surface area contributed by atoms with Crippen LogP contribution in [0.25, 0.3) is 0 Å². The van der Waals surface area contributed by atoms with E-state index in [1.807, 2.05) is 66.7 Å². The lowest BCUT2D eigenvalue weighted by Crippen LogP contribution is -2.50. The molecule has 150 valence electrons. The summed E-state index contributed by atoms with van der Waals surface area (Å²) in [4.78, 5) is 13.9. The van der Waals surface area contributed by atoms with Crippen LogP contribution in [-0.2, 0) is 14.0 Å². The first-order chi connectivity index (χ1) is 12.8. The Hall–Kier alpha value is -2.04. The van der Waals surface area contributed by atoms with Crippen molar-refractivity contribution in [2.24, 2.45) is 0 Å². The van der Waals surface area contributed by atoms with E-state index in [1.54, 1.807) is 4.90 Å². The molecule has 0 aromatic heterocycles. The summed E-state index contributed by atoms with van der Waals surface area (Å²) in [6.07, 6.45) is -0.300. The summed E-state index contributed by atoms with van der Waals surface area (Å²) in [5.74, 6) is 0.169. The third-order valence-electron chi connectivity index (χ3n) is 5.64. The third kappa shape index (κ3) is 4.04. The topological polar surface area (TPSA) is 71.8 Å². The summed E-state index contributed by atoms with van der Waals surface area (Å²) < 4.78 is 17.7. The maximum absolute atomic E-state index is 12.2. The first kappa shape index (κ1) is 20.7. The Morgan fingerprint density at radius 2 is 1.75 bits per heavy atom. The molecule has 7 heteroatoms. The Labute approximate surface area is 167 Å². The average molecular weight is 384 g/mol. The number of nitrogens with zero attached hydrogens (tertiary/aromatic N) is 2. The van der Waals surface area contributed by atoms with Crippen LogP contribution in [0.4, 0.5) is 4.79 Å². The molecule has 1 aromatic rings. The lowest BCUT2D eigenvalue weighted by Gasteiger charge is -2.40. The van der Waals surface area contributed by atoms with Gasteiger partial charge >= 0.3 is 13.2 Å². The molecule has 6 nitrogen and oxygen atoms in total. The fraction of sp³-hybridized carbons (Fsp3) is 0.619. The SMILES string of the molecule is CC(C)(C)OC(=O)N1CC(c2cc(C#N)cc(B3OC(C)(C)C(C)(C)O3)c2)C1. The molecule has 2 aliphatic rings. The van der Waals surface area contributed by atoms with Crippen molar-refractivity contribution in [1.29, 1.82) is 5.26 Å².